The smallest absolute Gasteiger partial charge is 0.269 e. The minimum atomic E-state index is -0.426. The number of aromatic nitrogens is 6. The predicted octanol–water partition coefficient (Wildman–Crippen LogP) is 1.43. The molecule has 0 unspecified atom stereocenters. The number of pyridine rings is 1. The number of benzene rings is 1. The van der Waals surface area contributed by atoms with Crippen LogP contribution in [-0.4, -0.2) is 48.8 Å². The van der Waals surface area contributed by atoms with Gasteiger partial charge in [-0.15, -0.1) is 5.10 Å². The van der Waals surface area contributed by atoms with Gasteiger partial charge in [-0.3, -0.25) is 24.6 Å². The maximum atomic E-state index is 12.4. The van der Waals surface area contributed by atoms with Crippen LogP contribution >= 0.6 is 0 Å². The van der Waals surface area contributed by atoms with E-state index >= 15 is 0 Å². The third kappa shape index (κ3) is 3.76. The lowest BCUT2D eigenvalue weighted by Crippen LogP contribution is -2.20. The standard InChI is InChI=1S/C19H16N8O2/c1-20-18(29)14-6-5-13(9-21-14)17(28)24-19-22-8-12-4-3-11(7-15(12)23-19)16-10-27(2)26-25-16/h3-10H,1-2H3,(H,20,29)(H,22,23,24,28). The van der Waals surface area contributed by atoms with Crippen molar-refractivity contribution in [3.05, 3.63) is 60.2 Å². The van der Waals surface area contributed by atoms with Crippen molar-refractivity contribution in [1.82, 2.24) is 35.3 Å². The number of nitrogens with zero attached hydrogens (tertiary/aromatic N) is 6. The molecule has 0 saturated heterocycles. The first-order valence-corrected chi connectivity index (χ1v) is 8.66. The molecule has 4 aromatic rings. The summed E-state index contributed by atoms with van der Waals surface area (Å²) in [6.45, 7) is 0. The van der Waals surface area contributed by atoms with Gasteiger partial charge in [-0.2, -0.15) is 0 Å². The lowest BCUT2D eigenvalue weighted by Gasteiger charge is -2.06. The van der Waals surface area contributed by atoms with Gasteiger partial charge in [-0.1, -0.05) is 17.3 Å². The first-order valence-electron chi connectivity index (χ1n) is 8.66. The molecule has 1 aromatic carbocycles. The number of carbonyl (C=O) groups is 2. The number of hydrogen-bond acceptors (Lipinski definition) is 7. The zero-order valence-corrected chi connectivity index (χ0v) is 15.6. The van der Waals surface area contributed by atoms with Crippen LogP contribution in [0.5, 0.6) is 0 Å². The Balaban J connectivity index is 1.57. The first kappa shape index (κ1) is 18.2. The molecule has 0 aliphatic carbocycles. The fourth-order valence-corrected chi connectivity index (χ4v) is 2.69. The van der Waals surface area contributed by atoms with Crippen LogP contribution in [0.2, 0.25) is 0 Å². The molecule has 0 aliphatic heterocycles. The third-order valence-electron chi connectivity index (χ3n) is 4.19. The topological polar surface area (TPSA) is 128 Å². The van der Waals surface area contributed by atoms with Crippen LogP contribution in [0.15, 0.2) is 48.9 Å². The molecule has 0 fully saturated rings. The minimum absolute atomic E-state index is 0.161. The molecule has 3 aromatic heterocycles. The second-order valence-corrected chi connectivity index (χ2v) is 6.21. The highest BCUT2D eigenvalue weighted by Gasteiger charge is 2.12. The van der Waals surface area contributed by atoms with Crippen molar-refractivity contribution in [3.8, 4) is 11.3 Å². The molecule has 29 heavy (non-hydrogen) atoms. The van der Waals surface area contributed by atoms with Gasteiger partial charge in [-0.25, -0.2) is 9.97 Å². The molecular weight excluding hydrogens is 372 g/mol. The number of carbonyl (C=O) groups excluding carboxylic acids is 2. The van der Waals surface area contributed by atoms with E-state index in [1.807, 2.05) is 18.2 Å². The van der Waals surface area contributed by atoms with Crippen molar-refractivity contribution in [2.45, 2.75) is 0 Å². The Morgan fingerprint density at radius 2 is 1.90 bits per heavy atom. The fourth-order valence-electron chi connectivity index (χ4n) is 2.69. The highest BCUT2D eigenvalue weighted by Crippen LogP contribution is 2.22. The van der Waals surface area contributed by atoms with Crippen molar-refractivity contribution in [3.63, 3.8) is 0 Å². The van der Waals surface area contributed by atoms with Crippen molar-refractivity contribution in [2.24, 2.45) is 7.05 Å². The van der Waals surface area contributed by atoms with Crippen LogP contribution in [0.4, 0.5) is 5.95 Å². The van der Waals surface area contributed by atoms with Crippen molar-refractivity contribution in [2.75, 3.05) is 12.4 Å². The van der Waals surface area contributed by atoms with E-state index in [-0.39, 0.29) is 23.1 Å². The molecule has 0 spiro atoms. The maximum Gasteiger partial charge on any atom is 0.269 e. The second-order valence-electron chi connectivity index (χ2n) is 6.21. The molecule has 4 rings (SSSR count). The average Bonchev–Trinajstić information content (AvgIpc) is 3.19. The normalized spacial score (nSPS) is 10.7. The van der Waals surface area contributed by atoms with E-state index in [1.165, 1.54) is 25.4 Å². The Morgan fingerprint density at radius 3 is 2.59 bits per heavy atom. The van der Waals surface area contributed by atoms with Crippen LogP contribution in [0.1, 0.15) is 20.8 Å². The Bertz CT molecular complexity index is 1220. The summed E-state index contributed by atoms with van der Waals surface area (Å²) in [4.78, 5) is 36.5. The fraction of sp³-hybridized carbons (Fsp3) is 0.105. The SMILES string of the molecule is CNC(=O)c1ccc(C(=O)Nc2ncc3ccc(-c4cn(C)nn4)cc3n2)cn1. The maximum absolute atomic E-state index is 12.4. The highest BCUT2D eigenvalue weighted by atomic mass is 16.2. The molecule has 0 saturated carbocycles. The third-order valence-corrected chi connectivity index (χ3v) is 4.19. The van der Waals surface area contributed by atoms with Gasteiger partial charge in [0.2, 0.25) is 5.95 Å². The zero-order valence-electron chi connectivity index (χ0n) is 15.6. The summed E-state index contributed by atoms with van der Waals surface area (Å²) in [6.07, 6.45) is 4.76. The number of nitrogens with one attached hydrogen (secondary N) is 2. The first-order chi connectivity index (χ1) is 14.0. The van der Waals surface area contributed by atoms with Gasteiger partial charge >= 0.3 is 0 Å². The number of anilines is 1. The zero-order chi connectivity index (χ0) is 20.4. The predicted molar refractivity (Wildman–Crippen MR) is 105 cm³/mol. The number of fused-ring (bicyclic) bond motifs is 1. The molecule has 10 heteroatoms. The van der Waals surface area contributed by atoms with Crippen LogP contribution in [0.25, 0.3) is 22.2 Å². The molecule has 2 amide bonds. The van der Waals surface area contributed by atoms with E-state index in [0.29, 0.717) is 5.52 Å². The summed E-state index contributed by atoms with van der Waals surface area (Å²) in [6, 6.07) is 8.64. The van der Waals surface area contributed by atoms with Gasteiger partial charge < -0.3 is 5.32 Å². The van der Waals surface area contributed by atoms with E-state index in [2.05, 4.69) is 35.9 Å². The van der Waals surface area contributed by atoms with Gasteiger partial charge in [0.15, 0.2) is 0 Å². The van der Waals surface area contributed by atoms with E-state index in [4.69, 9.17) is 0 Å². The summed E-state index contributed by atoms with van der Waals surface area (Å²) in [7, 11) is 3.31. The molecule has 0 atom stereocenters. The highest BCUT2D eigenvalue weighted by molar-refractivity contribution is 6.04. The van der Waals surface area contributed by atoms with Crippen LogP contribution < -0.4 is 10.6 Å². The summed E-state index contributed by atoms with van der Waals surface area (Å²) < 4.78 is 1.62. The molecule has 144 valence electrons. The number of aryl methyl sites for hydroxylation is 1. The van der Waals surface area contributed by atoms with E-state index < -0.39 is 5.91 Å². The average molecular weight is 388 g/mol. The molecule has 0 radical (unpaired) electrons. The molecule has 0 bridgehead atoms. The number of rotatable bonds is 4. The Morgan fingerprint density at radius 1 is 1.03 bits per heavy atom. The number of hydrogen-bond donors (Lipinski definition) is 2. The molecule has 10 nitrogen and oxygen atoms in total. The van der Waals surface area contributed by atoms with Crippen molar-refractivity contribution < 1.29 is 9.59 Å². The lowest BCUT2D eigenvalue weighted by atomic mass is 10.1. The van der Waals surface area contributed by atoms with Crippen LogP contribution in [0.3, 0.4) is 0 Å². The van der Waals surface area contributed by atoms with E-state index in [1.54, 1.807) is 24.1 Å². The Kier molecular flexibility index (Phi) is 4.65. The summed E-state index contributed by atoms with van der Waals surface area (Å²) in [5.41, 5.74) is 2.75. The van der Waals surface area contributed by atoms with E-state index in [0.717, 1.165) is 16.6 Å². The summed E-state index contributed by atoms with van der Waals surface area (Å²) in [5.74, 6) is -0.590. The molecule has 0 aliphatic rings. The van der Waals surface area contributed by atoms with E-state index in [9.17, 15) is 9.59 Å². The molecule has 3 heterocycles. The van der Waals surface area contributed by atoms with Gasteiger partial charge in [0, 0.05) is 37.4 Å². The Labute approximate surface area is 165 Å². The minimum Gasteiger partial charge on any atom is -0.354 e. The van der Waals surface area contributed by atoms with Crippen molar-refractivity contribution >= 4 is 28.7 Å². The van der Waals surface area contributed by atoms with Crippen molar-refractivity contribution in [1.29, 1.82) is 0 Å². The summed E-state index contributed by atoms with van der Waals surface area (Å²) >= 11 is 0. The Hall–Kier alpha value is -4.21. The van der Waals surface area contributed by atoms with Crippen LogP contribution in [-0.2, 0) is 7.05 Å². The van der Waals surface area contributed by atoms with Gasteiger partial charge in [0.1, 0.15) is 11.4 Å². The largest absolute Gasteiger partial charge is 0.354 e. The van der Waals surface area contributed by atoms with Crippen LogP contribution in [0, 0.1) is 0 Å². The second kappa shape index (κ2) is 7.43. The van der Waals surface area contributed by atoms with Gasteiger partial charge in [-0.05, 0) is 18.2 Å². The molecule has 2 N–H and O–H groups in total. The quantitative estimate of drug-likeness (QED) is 0.541. The summed E-state index contributed by atoms with van der Waals surface area (Å²) in [5, 5.41) is 14.0. The number of amides is 2. The van der Waals surface area contributed by atoms with Gasteiger partial charge in [0.25, 0.3) is 11.8 Å². The monoisotopic (exact) mass is 388 g/mol. The lowest BCUT2D eigenvalue weighted by molar-refractivity contribution is 0.0955. The molecular formula is C19H16N8O2. The van der Waals surface area contributed by atoms with Gasteiger partial charge in [0.05, 0.1) is 17.3 Å².